The number of hydrogen-bond donors (Lipinski definition) is 1. The number of pyridine rings is 1. The lowest BCUT2D eigenvalue weighted by molar-refractivity contribution is 0.323. The van der Waals surface area contributed by atoms with E-state index in [1.807, 2.05) is 37.3 Å². The van der Waals surface area contributed by atoms with Crippen LogP contribution in [0, 0.1) is 0 Å². The van der Waals surface area contributed by atoms with Crippen LogP contribution in [0.2, 0.25) is 0 Å². The van der Waals surface area contributed by atoms with Crippen LogP contribution in [0.1, 0.15) is 13.3 Å². The predicted octanol–water partition coefficient (Wildman–Crippen LogP) is 1.94. The Morgan fingerprint density at radius 2 is 2.15 bits per heavy atom. The number of aromatic nitrogens is 1. The van der Waals surface area contributed by atoms with E-state index in [-0.39, 0.29) is 12.3 Å². The maximum Gasteiger partial charge on any atom is 0.211 e. The first-order chi connectivity index (χ1) is 9.61. The largest absolute Gasteiger partial charge is 0.492 e. The van der Waals surface area contributed by atoms with Gasteiger partial charge in [0.1, 0.15) is 12.4 Å². The molecule has 5 nitrogen and oxygen atoms in total. The van der Waals surface area contributed by atoms with Crippen LogP contribution in [-0.4, -0.2) is 32.3 Å². The highest BCUT2D eigenvalue weighted by atomic mass is 32.2. The summed E-state index contributed by atoms with van der Waals surface area (Å²) >= 11 is 0. The third-order valence-electron chi connectivity index (χ3n) is 2.74. The number of nitrogens with zero attached hydrogens (tertiary/aromatic N) is 1. The van der Waals surface area contributed by atoms with E-state index >= 15 is 0 Å². The molecule has 2 rings (SSSR count). The van der Waals surface area contributed by atoms with Crippen molar-refractivity contribution in [3.63, 3.8) is 0 Å². The van der Waals surface area contributed by atoms with E-state index in [4.69, 9.17) is 4.74 Å². The molecule has 0 saturated carbocycles. The van der Waals surface area contributed by atoms with Gasteiger partial charge in [0, 0.05) is 18.1 Å². The zero-order valence-electron chi connectivity index (χ0n) is 11.4. The quantitative estimate of drug-likeness (QED) is 0.792. The van der Waals surface area contributed by atoms with Crippen LogP contribution >= 0.6 is 0 Å². The minimum absolute atomic E-state index is 0.147. The normalized spacial score (nSPS) is 11.7. The third kappa shape index (κ3) is 4.18. The molecule has 1 heterocycles. The van der Waals surface area contributed by atoms with Crippen molar-refractivity contribution in [2.24, 2.45) is 0 Å². The Hall–Kier alpha value is -1.66. The van der Waals surface area contributed by atoms with E-state index in [9.17, 15) is 8.42 Å². The summed E-state index contributed by atoms with van der Waals surface area (Å²) in [5.74, 6) is 0.856. The average molecular weight is 294 g/mol. The molecule has 0 unspecified atom stereocenters. The molecule has 2 aromatic rings. The summed E-state index contributed by atoms with van der Waals surface area (Å²) < 4.78 is 30.9. The summed E-state index contributed by atoms with van der Waals surface area (Å²) in [7, 11) is -3.16. The number of rotatable bonds is 7. The maximum atomic E-state index is 11.4. The highest BCUT2D eigenvalue weighted by Gasteiger charge is 2.07. The Labute approximate surface area is 119 Å². The predicted molar refractivity (Wildman–Crippen MR) is 79.3 cm³/mol. The van der Waals surface area contributed by atoms with E-state index in [0.29, 0.717) is 18.8 Å². The zero-order valence-corrected chi connectivity index (χ0v) is 12.2. The van der Waals surface area contributed by atoms with E-state index < -0.39 is 10.0 Å². The minimum Gasteiger partial charge on any atom is -0.492 e. The molecule has 0 spiro atoms. The molecule has 1 aromatic heterocycles. The van der Waals surface area contributed by atoms with Gasteiger partial charge < -0.3 is 4.74 Å². The summed E-state index contributed by atoms with van der Waals surface area (Å²) in [4.78, 5) is 4.22. The Morgan fingerprint density at radius 1 is 1.30 bits per heavy atom. The highest BCUT2D eigenvalue weighted by molar-refractivity contribution is 7.89. The van der Waals surface area contributed by atoms with Crippen molar-refractivity contribution in [1.82, 2.24) is 9.71 Å². The standard InChI is InChI=1S/C14H18N2O3S/c1-2-10-20(17,18)16-8-9-19-13-5-6-14-12(11-13)4-3-7-15-14/h3-7,11,16H,2,8-10H2,1H3. The molecule has 0 aliphatic heterocycles. The molecule has 0 bridgehead atoms. The van der Waals surface area contributed by atoms with Gasteiger partial charge in [-0.05, 0) is 30.7 Å². The molecule has 0 saturated heterocycles. The van der Waals surface area contributed by atoms with Crippen molar-refractivity contribution >= 4 is 20.9 Å². The number of sulfonamides is 1. The second kappa shape index (κ2) is 6.67. The van der Waals surface area contributed by atoms with Gasteiger partial charge in [-0.3, -0.25) is 4.98 Å². The number of hydrogen-bond acceptors (Lipinski definition) is 4. The van der Waals surface area contributed by atoms with Gasteiger partial charge in [0.25, 0.3) is 0 Å². The van der Waals surface area contributed by atoms with Crippen LogP contribution in [0.15, 0.2) is 36.5 Å². The van der Waals surface area contributed by atoms with Crippen molar-refractivity contribution < 1.29 is 13.2 Å². The number of ether oxygens (including phenoxy) is 1. The van der Waals surface area contributed by atoms with E-state index in [0.717, 1.165) is 10.9 Å². The van der Waals surface area contributed by atoms with Crippen molar-refractivity contribution in [3.8, 4) is 5.75 Å². The summed E-state index contributed by atoms with van der Waals surface area (Å²) in [6.45, 7) is 2.40. The lowest BCUT2D eigenvalue weighted by Crippen LogP contribution is -2.30. The summed E-state index contributed by atoms with van der Waals surface area (Å²) in [6.07, 6.45) is 2.35. The Morgan fingerprint density at radius 3 is 2.95 bits per heavy atom. The fourth-order valence-corrected chi connectivity index (χ4v) is 2.93. The summed E-state index contributed by atoms with van der Waals surface area (Å²) in [6, 6.07) is 9.43. The van der Waals surface area contributed by atoms with Crippen molar-refractivity contribution in [2.45, 2.75) is 13.3 Å². The maximum absolute atomic E-state index is 11.4. The van der Waals surface area contributed by atoms with Crippen LogP contribution in [0.5, 0.6) is 5.75 Å². The van der Waals surface area contributed by atoms with E-state index in [2.05, 4.69) is 9.71 Å². The van der Waals surface area contributed by atoms with Crippen molar-refractivity contribution in [3.05, 3.63) is 36.5 Å². The Balaban J connectivity index is 1.87. The highest BCUT2D eigenvalue weighted by Crippen LogP contribution is 2.18. The minimum atomic E-state index is -3.16. The van der Waals surface area contributed by atoms with E-state index in [1.165, 1.54) is 0 Å². The van der Waals surface area contributed by atoms with Gasteiger partial charge in [0.05, 0.1) is 11.3 Å². The molecule has 0 aliphatic rings. The fourth-order valence-electron chi connectivity index (χ4n) is 1.85. The van der Waals surface area contributed by atoms with Crippen LogP contribution < -0.4 is 9.46 Å². The Bertz CT molecular complexity index is 671. The molecular weight excluding hydrogens is 276 g/mol. The van der Waals surface area contributed by atoms with Crippen LogP contribution in [0.3, 0.4) is 0 Å². The molecule has 0 atom stereocenters. The topological polar surface area (TPSA) is 68.3 Å². The van der Waals surface area contributed by atoms with Gasteiger partial charge in [0.15, 0.2) is 0 Å². The summed E-state index contributed by atoms with van der Waals surface area (Å²) in [5.41, 5.74) is 0.906. The first kappa shape index (κ1) is 14.7. The molecule has 20 heavy (non-hydrogen) atoms. The second-order valence-corrected chi connectivity index (χ2v) is 6.35. The summed E-state index contributed by atoms with van der Waals surface area (Å²) in [5, 5.41) is 0.997. The molecule has 0 amide bonds. The second-order valence-electron chi connectivity index (χ2n) is 4.42. The first-order valence-electron chi connectivity index (χ1n) is 6.55. The van der Waals surface area contributed by atoms with Gasteiger partial charge in [0.2, 0.25) is 10.0 Å². The van der Waals surface area contributed by atoms with Gasteiger partial charge in [-0.15, -0.1) is 0 Å². The van der Waals surface area contributed by atoms with Gasteiger partial charge >= 0.3 is 0 Å². The molecule has 0 fully saturated rings. The average Bonchev–Trinajstić information content (AvgIpc) is 2.43. The van der Waals surface area contributed by atoms with Crippen molar-refractivity contribution in [2.75, 3.05) is 18.9 Å². The molecule has 1 aromatic carbocycles. The molecule has 0 aliphatic carbocycles. The molecule has 6 heteroatoms. The number of benzene rings is 1. The van der Waals surface area contributed by atoms with Crippen LogP contribution in [0.4, 0.5) is 0 Å². The van der Waals surface area contributed by atoms with Gasteiger partial charge in [-0.2, -0.15) is 0 Å². The fraction of sp³-hybridized carbons (Fsp3) is 0.357. The zero-order chi connectivity index (χ0) is 14.4. The Kier molecular flexibility index (Phi) is 4.92. The van der Waals surface area contributed by atoms with Crippen molar-refractivity contribution in [1.29, 1.82) is 0 Å². The first-order valence-corrected chi connectivity index (χ1v) is 8.21. The third-order valence-corrected chi connectivity index (χ3v) is 4.33. The molecule has 1 N–H and O–H groups in total. The smallest absolute Gasteiger partial charge is 0.211 e. The lowest BCUT2D eigenvalue weighted by Gasteiger charge is -2.08. The SMILES string of the molecule is CCCS(=O)(=O)NCCOc1ccc2ncccc2c1. The van der Waals surface area contributed by atoms with Gasteiger partial charge in [-0.1, -0.05) is 13.0 Å². The molecule has 0 radical (unpaired) electrons. The molecule has 108 valence electrons. The van der Waals surface area contributed by atoms with E-state index in [1.54, 1.807) is 6.20 Å². The van der Waals surface area contributed by atoms with Crippen LogP contribution in [-0.2, 0) is 10.0 Å². The van der Waals surface area contributed by atoms with Crippen LogP contribution in [0.25, 0.3) is 10.9 Å². The number of nitrogens with one attached hydrogen (secondary N) is 1. The molecular formula is C14H18N2O3S. The lowest BCUT2D eigenvalue weighted by atomic mass is 10.2. The van der Waals surface area contributed by atoms with Gasteiger partial charge in [-0.25, -0.2) is 13.1 Å². The monoisotopic (exact) mass is 294 g/mol. The number of fused-ring (bicyclic) bond motifs is 1.